The molecule has 2 fully saturated rings. The van der Waals surface area contributed by atoms with Crippen LogP contribution in [0.2, 0.25) is 0 Å². The van der Waals surface area contributed by atoms with Crippen LogP contribution < -0.4 is 5.73 Å². The Labute approximate surface area is 108 Å². The van der Waals surface area contributed by atoms with E-state index in [9.17, 15) is 0 Å². The van der Waals surface area contributed by atoms with E-state index in [4.69, 9.17) is 5.73 Å². The molecule has 1 aromatic rings. The Balaban J connectivity index is 1.78. The maximum atomic E-state index is 6.11. The van der Waals surface area contributed by atoms with E-state index in [1.165, 1.54) is 30.6 Å². The molecule has 1 heterocycles. The summed E-state index contributed by atoms with van der Waals surface area (Å²) in [5.41, 5.74) is 6.35. The molecule has 2 aliphatic rings. The predicted octanol–water partition coefficient (Wildman–Crippen LogP) is 2.84. The van der Waals surface area contributed by atoms with E-state index >= 15 is 0 Å². The second-order valence-electron chi connectivity index (χ2n) is 5.77. The molecule has 0 amide bonds. The number of rotatable bonds is 6. The maximum Gasteiger partial charge on any atom is 0.0338 e. The Hall–Kier alpha value is -0.380. The third-order valence-electron chi connectivity index (χ3n) is 4.42. The summed E-state index contributed by atoms with van der Waals surface area (Å²) in [7, 11) is 0. The van der Waals surface area contributed by atoms with Crippen LogP contribution in [0.5, 0.6) is 0 Å². The van der Waals surface area contributed by atoms with Crippen molar-refractivity contribution in [3.05, 3.63) is 22.4 Å². The summed E-state index contributed by atoms with van der Waals surface area (Å²) < 4.78 is 0. The molecule has 0 bridgehead atoms. The van der Waals surface area contributed by atoms with Gasteiger partial charge in [0, 0.05) is 29.5 Å². The van der Waals surface area contributed by atoms with Crippen LogP contribution in [-0.2, 0) is 6.54 Å². The molecule has 0 saturated heterocycles. The quantitative estimate of drug-likeness (QED) is 0.841. The van der Waals surface area contributed by atoms with Crippen LogP contribution in [-0.4, -0.2) is 23.0 Å². The van der Waals surface area contributed by atoms with Gasteiger partial charge in [0.1, 0.15) is 0 Å². The smallest absolute Gasteiger partial charge is 0.0338 e. The maximum absolute atomic E-state index is 6.11. The molecule has 2 N–H and O–H groups in total. The first-order valence-corrected chi connectivity index (χ1v) is 7.61. The van der Waals surface area contributed by atoms with Crippen LogP contribution in [0.1, 0.15) is 37.5 Å². The second-order valence-corrected chi connectivity index (χ2v) is 6.81. The number of nitrogens with zero attached hydrogens (tertiary/aromatic N) is 1. The Morgan fingerprint density at radius 3 is 2.65 bits per heavy atom. The molecule has 3 rings (SSSR count). The second kappa shape index (κ2) is 4.38. The fourth-order valence-corrected chi connectivity index (χ4v) is 3.61. The van der Waals surface area contributed by atoms with Gasteiger partial charge in [-0.3, -0.25) is 4.90 Å². The largest absolute Gasteiger partial charge is 0.329 e. The van der Waals surface area contributed by atoms with Gasteiger partial charge in [-0.15, -0.1) is 11.3 Å². The van der Waals surface area contributed by atoms with Crippen LogP contribution in [0.25, 0.3) is 0 Å². The third kappa shape index (κ3) is 2.28. The Morgan fingerprint density at radius 1 is 1.41 bits per heavy atom. The molecule has 0 radical (unpaired) electrons. The molecule has 0 aliphatic heterocycles. The van der Waals surface area contributed by atoms with Crippen molar-refractivity contribution in [2.45, 2.75) is 50.7 Å². The van der Waals surface area contributed by atoms with Gasteiger partial charge in [-0.05, 0) is 50.0 Å². The normalized spacial score (nSPS) is 23.9. The zero-order valence-corrected chi connectivity index (χ0v) is 11.4. The van der Waals surface area contributed by atoms with Gasteiger partial charge in [0.25, 0.3) is 0 Å². The topological polar surface area (TPSA) is 29.3 Å². The van der Waals surface area contributed by atoms with E-state index in [2.05, 4.69) is 29.3 Å². The van der Waals surface area contributed by atoms with Crippen LogP contribution in [0, 0.1) is 5.92 Å². The Bertz CT molecular complexity index is 368. The predicted molar refractivity (Wildman–Crippen MR) is 73.1 cm³/mol. The SMILES string of the molecule is CC(CN)(C1CC1)N(Cc1cccs1)C1CC1. The van der Waals surface area contributed by atoms with Gasteiger partial charge in [0.05, 0.1) is 0 Å². The molecule has 94 valence electrons. The van der Waals surface area contributed by atoms with Gasteiger partial charge in [0.2, 0.25) is 0 Å². The summed E-state index contributed by atoms with van der Waals surface area (Å²) in [6.45, 7) is 4.29. The van der Waals surface area contributed by atoms with Crippen molar-refractivity contribution >= 4 is 11.3 Å². The van der Waals surface area contributed by atoms with Crippen molar-refractivity contribution in [2.24, 2.45) is 11.7 Å². The Morgan fingerprint density at radius 2 is 2.18 bits per heavy atom. The van der Waals surface area contributed by atoms with E-state index in [0.717, 1.165) is 25.0 Å². The average Bonchev–Trinajstić information content (AvgIpc) is 3.24. The highest BCUT2D eigenvalue weighted by atomic mass is 32.1. The highest BCUT2D eigenvalue weighted by Crippen LogP contribution is 2.47. The zero-order chi connectivity index (χ0) is 11.9. The summed E-state index contributed by atoms with van der Waals surface area (Å²) in [5, 5.41) is 2.18. The van der Waals surface area contributed by atoms with Crippen molar-refractivity contribution in [1.29, 1.82) is 0 Å². The molecule has 1 atom stereocenters. The van der Waals surface area contributed by atoms with Gasteiger partial charge in [-0.2, -0.15) is 0 Å². The number of hydrogen-bond acceptors (Lipinski definition) is 3. The molecular formula is C14H22N2S. The number of thiophene rings is 1. The molecule has 1 unspecified atom stereocenters. The van der Waals surface area contributed by atoms with Gasteiger partial charge >= 0.3 is 0 Å². The van der Waals surface area contributed by atoms with Crippen molar-refractivity contribution < 1.29 is 0 Å². The minimum atomic E-state index is 0.241. The fourth-order valence-electron chi connectivity index (χ4n) is 2.91. The monoisotopic (exact) mass is 250 g/mol. The number of nitrogens with two attached hydrogens (primary N) is 1. The lowest BCUT2D eigenvalue weighted by Gasteiger charge is -2.41. The summed E-state index contributed by atoms with van der Waals surface area (Å²) in [6.07, 6.45) is 5.49. The fraction of sp³-hybridized carbons (Fsp3) is 0.714. The van der Waals surface area contributed by atoms with Gasteiger partial charge < -0.3 is 5.73 Å². The van der Waals surface area contributed by atoms with Crippen LogP contribution in [0.15, 0.2) is 17.5 Å². The molecule has 2 saturated carbocycles. The highest BCUT2D eigenvalue weighted by molar-refractivity contribution is 7.09. The molecule has 2 aliphatic carbocycles. The summed E-state index contributed by atoms with van der Waals surface area (Å²) in [6, 6.07) is 5.21. The lowest BCUT2D eigenvalue weighted by atomic mass is 9.93. The Kier molecular flexibility index (Phi) is 3.01. The minimum Gasteiger partial charge on any atom is -0.329 e. The van der Waals surface area contributed by atoms with Gasteiger partial charge in [-0.25, -0.2) is 0 Å². The van der Waals surface area contributed by atoms with E-state index in [0.29, 0.717) is 0 Å². The van der Waals surface area contributed by atoms with Crippen LogP contribution in [0.3, 0.4) is 0 Å². The molecule has 3 heteroatoms. The van der Waals surface area contributed by atoms with Crippen molar-refractivity contribution in [3.63, 3.8) is 0 Å². The van der Waals surface area contributed by atoms with Crippen molar-refractivity contribution in [2.75, 3.05) is 6.54 Å². The van der Waals surface area contributed by atoms with Crippen molar-refractivity contribution in [3.8, 4) is 0 Å². The van der Waals surface area contributed by atoms with E-state index in [1.807, 2.05) is 11.3 Å². The molecule has 1 aromatic heterocycles. The highest BCUT2D eigenvalue weighted by Gasteiger charge is 2.49. The number of hydrogen-bond donors (Lipinski definition) is 1. The molecular weight excluding hydrogens is 228 g/mol. The summed E-state index contributed by atoms with van der Waals surface area (Å²) >= 11 is 1.87. The van der Waals surface area contributed by atoms with Gasteiger partial charge in [0.15, 0.2) is 0 Å². The molecule has 17 heavy (non-hydrogen) atoms. The molecule has 0 aromatic carbocycles. The first kappa shape index (κ1) is 11.7. The van der Waals surface area contributed by atoms with E-state index in [1.54, 1.807) is 0 Å². The summed E-state index contributed by atoms with van der Waals surface area (Å²) in [4.78, 5) is 4.19. The van der Waals surface area contributed by atoms with Gasteiger partial charge in [-0.1, -0.05) is 6.07 Å². The minimum absolute atomic E-state index is 0.241. The average molecular weight is 250 g/mol. The van der Waals surface area contributed by atoms with Crippen molar-refractivity contribution in [1.82, 2.24) is 4.90 Å². The lowest BCUT2D eigenvalue weighted by Crippen LogP contribution is -2.53. The molecule has 0 spiro atoms. The first-order valence-electron chi connectivity index (χ1n) is 6.73. The van der Waals surface area contributed by atoms with E-state index < -0.39 is 0 Å². The lowest BCUT2D eigenvalue weighted by molar-refractivity contribution is 0.0729. The van der Waals surface area contributed by atoms with Crippen LogP contribution >= 0.6 is 11.3 Å². The van der Waals surface area contributed by atoms with E-state index in [-0.39, 0.29) is 5.54 Å². The van der Waals surface area contributed by atoms with Crippen LogP contribution in [0.4, 0.5) is 0 Å². The molecule has 2 nitrogen and oxygen atoms in total. The standard InChI is InChI=1S/C14H22N2S/c1-14(10-15,11-4-5-11)16(12-6-7-12)9-13-3-2-8-17-13/h2-3,8,11-12H,4-7,9-10,15H2,1H3. The third-order valence-corrected chi connectivity index (χ3v) is 5.28. The zero-order valence-electron chi connectivity index (χ0n) is 10.6. The first-order chi connectivity index (χ1) is 8.24. The summed E-state index contributed by atoms with van der Waals surface area (Å²) in [5.74, 6) is 0.841.